The summed E-state index contributed by atoms with van der Waals surface area (Å²) in [6, 6.07) is 15.1. The van der Waals surface area contributed by atoms with Crippen LogP contribution in [-0.2, 0) is 6.42 Å². The highest BCUT2D eigenvalue weighted by Gasteiger charge is 2.24. The van der Waals surface area contributed by atoms with Crippen LogP contribution < -0.4 is 5.32 Å². The Morgan fingerprint density at radius 1 is 1.00 bits per heavy atom. The minimum absolute atomic E-state index is 0.983. The van der Waals surface area contributed by atoms with E-state index in [4.69, 9.17) is 5.10 Å². The molecule has 3 aromatic rings. The molecule has 1 aromatic heterocycles. The first-order valence-corrected chi connectivity index (χ1v) is 8.14. The third-order valence-corrected chi connectivity index (χ3v) is 4.52. The van der Waals surface area contributed by atoms with Gasteiger partial charge in [-0.1, -0.05) is 41.5 Å². The molecule has 2 aromatic carbocycles. The van der Waals surface area contributed by atoms with Crippen LogP contribution in [0.1, 0.15) is 22.3 Å². The predicted octanol–water partition coefficient (Wildman–Crippen LogP) is 4.43. The van der Waals surface area contributed by atoms with E-state index in [1.807, 2.05) is 0 Å². The third-order valence-electron chi connectivity index (χ3n) is 4.52. The molecular formula is C20H21N3. The molecule has 3 heteroatoms. The topological polar surface area (TPSA) is 29.9 Å². The lowest BCUT2D eigenvalue weighted by Crippen LogP contribution is -2.05. The molecule has 0 fully saturated rings. The summed E-state index contributed by atoms with van der Waals surface area (Å²) >= 11 is 0. The molecule has 0 amide bonds. The number of nitrogens with one attached hydrogen (secondary N) is 1. The van der Waals surface area contributed by atoms with Crippen molar-refractivity contribution in [2.75, 3.05) is 11.9 Å². The number of nitrogens with zero attached hydrogens (tertiary/aromatic N) is 2. The molecule has 23 heavy (non-hydrogen) atoms. The van der Waals surface area contributed by atoms with Gasteiger partial charge in [-0.25, -0.2) is 4.68 Å². The molecule has 116 valence electrons. The maximum absolute atomic E-state index is 4.96. The third kappa shape index (κ3) is 2.33. The number of fused-ring (bicyclic) bond motifs is 1. The second-order valence-corrected chi connectivity index (χ2v) is 6.42. The molecule has 0 spiro atoms. The van der Waals surface area contributed by atoms with Crippen LogP contribution >= 0.6 is 0 Å². The largest absolute Gasteiger partial charge is 0.369 e. The Bertz CT molecular complexity index is 890. The van der Waals surface area contributed by atoms with Crippen molar-refractivity contribution in [1.29, 1.82) is 0 Å². The van der Waals surface area contributed by atoms with Crippen molar-refractivity contribution in [3.63, 3.8) is 0 Å². The van der Waals surface area contributed by atoms with E-state index in [1.165, 1.54) is 27.8 Å². The quantitative estimate of drug-likeness (QED) is 0.759. The SMILES string of the molecule is Cc1cccc(-c2nn(-c3ccc(C)cc3C)c3c2CCN3)c1. The molecule has 4 rings (SSSR count). The van der Waals surface area contributed by atoms with Gasteiger partial charge in [-0.3, -0.25) is 0 Å². The Balaban J connectivity index is 1.91. The van der Waals surface area contributed by atoms with Crippen molar-refractivity contribution >= 4 is 5.82 Å². The molecule has 0 radical (unpaired) electrons. The predicted molar refractivity (Wildman–Crippen MR) is 95.4 cm³/mol. The van der Waals surface area contributed by atoms with Crippen molar-refractivity contribution in [3.8, 4) is 16.9 Å². The standard InChI is InChI=1S/C20H21N3/c1-13-5-4-6-16(12-13)19-17-9-10-21-20(17)23(22-19)18-8-7-14(2)11-15(18)3/h4-8,11-12,21H,9-10H2,1-3H3. The first-order chi connectivity index (χ1) is 11.1. The van der Waals surface area contributed by atoms with E-state index in [9.17, 15) is 0 Å². The number of aromatic nitrogens is 2. The fourth-order valence-electron chi connectivity index (χ4n) is 3.42. The zero-order valence-corrected chi connectivity index (χ0v) is 13.9. The first kappa shape index (κ1) is 14.1. The van der Waals surface area contributed by atoms with Gasteiger partial charge in [0.05, 0.1) is 11.4 Å². The summed E-state index contributed by atoms with van der Waals surface area (Å²) in [4.78, 5) is 0. The molecule has 1 aliphatic heterocycles. The Morgan fingerprint density at radius 3 is 2.61 bits per heavy atom. The van der Waals surface area contributed by atoms with E-state index in [1.54, 1.807) is 0 Å². The zero-order chi connectivity index (χ0) is 16.0. The van der Waals surface area contributed by atoms with Gasteiger partial charge in [0.2, 0.25) is 0 Å². The smallest absolute Gasteiger partial charge is 0.133 e. The highest BCUT2D eigenvalue weighted by Crippen LogP contribution is 2.35. The van der Waals surface area contributed by atoms with Gasteiger partial charge in [0, 0.05) is 17.7 Å². The number of aryl methyl sites for hydroxylation is 3. The lowest BCUT2D eigenvalue weighted by Gasteiger charge is -2.10. The summed E-state index contributed by atoms with van der Waals surface area (Å²) in [6.45, 7) is 7.39. The van der Waals surface area contributed by atoms with Gasteiger partial charge < -0.3 is 5.32 Å². The molecule has 3 nitrogen and oxygen atoms in total. The highest BCUT2D eigenvalue weighted by molar-refractivity contribution is 5.73. The summed E-state index contributed by atoms with van der Waals surface area (Å²) in [5.41, 5.74) is 8.59. The Hall–Kier alpha value is -2.55. The minimum atomic E-state index is 0.983. The van der Waals surface area contributed by atoms with Gasteiger partial charge in [0.15, 0.2) is 0 Å². The van der Waals surface area contributed by atoms with E-state index < -0.39 is 0 Å². The Kier molecular flexibility index (Phi) is 3.22. The number of hydrogen-bond acceptors (Lipinski definition) is 2. The number of benzene rings is 2. The fourth-order valence-corrected chi connectivity index (χ4v) is 3.42. The summed E-state index contributed by atoms with van der Waals surface area (Å²) in [5, 5.41) is 8.47. The molecule has 0 atom stereocenters. The highest BCUT2D eigenvalue weighted by atomic mass is 15.3. The normalized spacial score (nSPS) is 13.0. The summed E-state index contributed by atoms with van der Waals surface area (Å²) < 4.78 is 2.08. The van der Waals surface area contributed by atoms with Crippen LogP contribution in [0.15, 0.2) is 42.5 Å². The lowest BCUT2D eigenvalue weighted by molar-refractivity contribution is 0.874. The van der Waals surface area contributed by atoms with Crippen molar-refractivity contribution in [1.82, 2.24) is 9.78 Å². The van der Waals surface area contributed by atoms with E-state index in [0.717, 1.165) is 30.2 Å². The van der Waals surface area contributed by atoms with Crippen LogP contribution in [0.5, 0.6) is 0 Å². The Morgan fingerprint density at radius 2 is 1.83 bits per heavy atom. The van der Waals surface area contributed by atoms with Gasteiger partial charge in [0.1, 0.15) is 5.82 Å². The van der Waals surface area contributed by atoms with Gasteiger partial charge in [-0.05, 0) is 44.9 Å². The van der Waals surface area contributed by atoms with Gasteiger partial charge in [0.25, 0.3) is 0 Å². The molecule has 2 heterocycles. The zero-order valence-electron chi connectivity index (χ0n) is 13.9. The molecule has 0 unspecified atom stereocenters. The molecule has 0 aliphatic carbocycles. The molecular weight excluding hydrogens is 282 g/mol. The molecule has 0 saturated carbocycles. The maximum atomic E-state index is 4.96. The average Bonchev–Trinajstić information content (AvgIpc) is 3.10. The van der Waals surface area contributed by atoms with Crippen molar-refractivity contribution in [2.45, 2.75) is 27.2 Å². The van der Waals surface area contributed by atoms with E-state index >= 15 is 0 Å². The molecule has 0 bridgehead atoms. The second-order valence-electron chi connectivity index (χ2n) is 6.42. The van der Waals surface area contributed by atoms with E-state index in [0.29, 0.717) is 0 Å². The number of anilines is 1. The fraction of sp³-hybridized carbons (Fsp3) is 0.250. The molecule has 1 aliphatic rings. The summed E-state index contributed by atoms with van der Waals surface area (Å²) in [6.07, 6.45) is 1.03. The van der Waals surface area contributed by atoms with Crippen LogP contribution in [0.25, 0.3) is 16.9 Å². The number of hydrogen-bond donors (Lipinski definition) is 1. The number of rotatable bonds is 2. The van der Waals surface area contributed by atoms with Gasteiger partial charge in [-0.2, -0.15) is 5.10 Å². The van der Waals surface area contributed by atoms with Crippen LogP contribution in [0.2, 0.25) is 0 Å². The van der Waals surface area contributed by atoms with Crippen LogP contribution in [0, 0.1) is 20.8 Å². The average molecular weight is 303 g/mol. The van der Waals surface area contributed by atoms with Crippen LogP contribution in [-0.4, -0.2) is 16.3 Å². The van der Waals surface area contributed by atoms with Gasteiger partial charge >= 0.3 is 0 Å². The molecule has 1 N–H and O–H groups in total. The van der Waals surface area contributed by atoms with Crippen molar-refractivity contribution in [2.24, 2.45) is 0 Å². The monoisotopic (exact) mass is 303 g/mol. The van der Waals surface area contributed by atoms with Crippen molar-refractivity contribution in [3.05, 3.63) is 64.7 Å². The van der Waals surface area contributed by atoms with Crippen molar-refractivity contribution < 1.29 is 0 Å². The van der Waals surface area contributed by atoms with Crippen LogP contribution in [0.3, 0.4) is 0 Å². The van der Waals surface area contributed by atoms with E-state index in [-0.39, 0.29) is 0 Å². The van der Waals surface area contributed by atoms with Crippen LogP contribution in [0.4, 0.5) is 5.82 Å². The first-order valence-electron chi connectivity index (χ1n) is 8.14. The maximum Gasteiger partial charge on any atom is 0.133 e. The second kappa shape index (κ2) is 5.27. The Labute approximate surface area is 137 Å². The summed E-state index contributed by atoms with van der Waals surface area (Å²) in [7, 11) is 0. The summed E-state index contributed by atoms with van der Waals surface area (Å²) in [5.74, 6) is 1.15. The van der Waals surface area contributed by atoms with E-state index in [2.05, 4.69) is 73.2 Å². The minimum Gasteiger partial charge on any atom is -0.369 e. The van der Waals surface area contributed by atoms with Gasteiger partial charge in [-0.15, -0.1) is 0 Å². The lowest BCUT2D eigenvalue weighted by atomic mass is 10.0. The molecule has 0 saturated heterocycles.